The van der Waals surface area contributed by atoms with Crippen molar-refractivity contribution in [2.45, 2.75) is 20.8 Å². The van der Waals surface area contributed by atoms with Crippen molar-refractivity contribution in [3.8, 4) is 11.3 Å². The number of aromatic nitrogens is 2. The van der Waals surface area contributed by atoms with E-state index in [1.54, 1.807) is 12.1 Å². The van der Waals surface area contributed by atoms with Crippen LogP contribution in [0.5, 0.6) is 0 Å². The van der Waals surface area contributed by atoms with Gasteiger partial charge in [-0.25, -0.2) is 9.37 Å². The minimum atomic E-state index is -0.507. The number of nitrogens with zero attached hydrogens (tertiary/aromatic N) is 2. The minimum absolute atomic E-state index is 0.0210. The normalized spacial score (nSPS) is 12.0. The smallest absolute Gasteiger partial charge is 0.194 e. The summed E-state index contributed by atoms with van der Waals surface area (Å²) in [5.41, 5.74) is 1.42. The maximum Gasteiger partial charge on any atom is 0.194 e. The lowest BCUT2D eigenvalue weighted by Crippen LogP contribution is -2.22. The molecule has 0 aliphatic rings. The van der Waals surface area contributed by atoms with E-state index in [1.807, 2.05) is 36.7 Å². The first-order chi connectivity index (χ1) is 9.88. The summed E-state index contributed by atoms with van der Waals surface area (Å²) in [6, 6.07) is 6.07. The van der Waals surface area contributed by atoms with E-state index < -0.39 is 5.41 Å². The van der Waals surface area contributed by atoms with E-state index in [-0.39, 0.29) is 11.6 Å². The summed E-state index contributed by atoms with van der Waals surface area (Å²) < 4.78 is 14.9. The highest BCUT2D eigenvalue weighted by molar-refractivity contribution is 7.15. The fourth-order valence-corrected chi connectivity index (χ4v) is 2.88. The average molecular weight is 302 g/mol. The van der Waals surface area contributed by atoms with E-state index in [1.165, 1.54) is 23.5 Å². The van der Waals surface area contributed by atoms with Crippen molar-refractivity contribution in [1.82, 2.24) is 9.38 Å². The van der Waals surface area contributed by atoms with E-state index in [4.69, 9.17) is 0 Å². The first-order valence-electron chi connectivity index (χ1n) is 6.64. The van der Waals surface area contributed by atoms with Crippen LogP contribution in [0.2, 0.25) is 0 Å². The summed E-state index contributed by atoms with van der Waals surface area (Å²) in [4.78, 5) is 18.1. The van der Waals surface area contributed by atoms with Gasteiger partial charge in [-0.2, -0.15) is 0 Å². The van der Waals surface area contributed by atoms with Gasteiger partial charge in [0, 0.05) is 22.6 Å². The second kappa shape index (κ2) is 4.77. The van der Waals surface area contributed by atoms with Gasteiger partial charge in [0.15, 0.2) is 10.7 Å². The molecule has 0 unspecified atom stereocenters. The summed E-state index contributed by atoms with van der Waals surface area (Å²) in [6.07, 6.45) is 1.85. The van der Waals surface area contributed by atoms with Gasteiger partial charge in [-0.15, -0.1) is 11.3 Å². The SMILES string of the molecule is CC(C)(C)C(=O)c1c(-c2ccc(F)cc2)nc2sccn12. The number of hydrogen-bond acceptors (Lipinski definition) is 3. The molecule has 0 aliphatic carbocycles. The molecule has 5 heteroatoms. The number of rotatable bonds is 2. The molecule has 21 heavy (non-hydrogen) atoms. The van der Waals surface area contributed by atoms with Gasteiger partial charge in [-0.1, -0.05) is 20.8 Å². The zero-order chi connectivity index (χ0) is 15.2. The molecule has 3 rings (SSSR count). The van der Waals surface area contributed by atoms with Crippen molar-refractivity contribution in [1.29, 1.82) is 0 Å². The lowest BCUT2D eigenvalue weighted by molar-refractivity contribution is 0.0853. The van der Waals surface area contributed by atoms with Crippen LogP contribution >= 0.6 is 11.3 Å². The van der Waals surface area contributed by atoms with Gasteiger partial charge < -0.3 is 0 Å². The average Bonchev–Trinajstić information content (AvgIpc) is 2.97. The van der Waals surface area contributed by atoms with Crippen LogP contribution in [0.3, 0.4) is 0 Å². The number of hydrogen-bond donors (Lipinski definition) is 0. The first kappa shape index (κ1) is 13.9. The maximum atomic E-state index is 13.1. The van der Waals surface area contributed by atoms with E-state index in [9.17, 15) is 9.18 Å². The Morgan fingerprint density at radius 1 is 1.24 bits per heavy atom. The molecule has 0 amide bonds. The predicted molar refractivity (Wildman–Crippen MR) is 82.2 cm³/mol. The number of carbonyl (C=O) groups is 1. The van der Waals surface area contributed by atoms with Crippen molar-refractivity contribution in [2.75, 3.05) is 0 Å². The zero-order valence-electron chi connectivity index (χ0n) is 12.1. The highest BCUT2D eigenvalue weighted by Gasteiger charge is 2.30. The molecule has 3 aromatic rings. The molecule has 0 N–H and O–H groups in total. The largest absolute Gasteiger partial charge is 0.292 e. The molecule has 0 radical (unpaired) electrons. The van der Waals surface area contributed by atoms with Crippen molar-refractivity contribution in [3.63, 3.8) is 0 Å². The number of thiazole rings is 1. The maximum absolute atomic E-state index is 13.1. The third-order valence-corrected chi connectivity index (χ3v) is 4.03. The molecule has 0 saturated carbocycles. The molecule has 3 nitrogen and oxygen atoms in total. The molecule has 108 valence electrons. The van der Waals surface area contributed by atoms with E-state index in [2.05, 4.69) is 4.98 Å². The number of carbonyl (C=O) groups excluding carboxylic acids is 1. The van der Waals surface area contributed by atoms with Crippen molar-refractivity contribution < 1.29 is 9.18 Å². The molecular weight excluding hydrogens is 287 g/mol. The lowest BCUT2D eigenvalue weighted by Gasteiger charge is -2.17. The minimum Gasteiger partial charge on any atom is -0.292 e. The summed E-state index contributed by atoms with van der Waals surface area (Å²) in [5, 5.41) is 1.90. The van der Waals surface area contributed by atoms with Gasteiger partial charge >= 0.3 is 0 Å². The number of benzene rings is 1. The second-order valence-electron chi connectivity index (χ2n) is 5.95. The third-order valence-electron chi connectivity index (χ3n) is 3.28. The Kier molecular flexibility index (Phi) is 3.17. The van der Waals surface area contributed by atoms with E-state index >= 15 is 0 Å². The molecule has 0 aliphatic heterocycles. The van der Waals surface area contributed by atoms with Crippen LogP contribution in [0.4, 0.5) is 4.39 Å². The Balaban J connectivity index is 2.25. The molecule has 0 atom stereocenters. The van der Waals surface area contributed by atoms with Crippen LogP contribution in [0.1, 0.15) is 31.3 Å². The molecule has 0 spiro atoms. The summed E-state index contributed by atoms with van der Waals surface area (Å²) in [6.45, 7) is 5.65. The number of halogens is 1. The van der Waals surface area contributed by atoms with Crippen molar-refractivity contribution in [2.24, 2.45) is 5.41 Å². The fourth-order valence-electron chi connectivity index (χ4n) is 2.17. The van der Waals surface area contributed by atoms with Gasteiger partial charge in [0.2, 0.25) is 0 Å². The number of Topliss-reactive ketones (excluding diaryl/α,β-unsaturated/α-hetero) is 1. The number of fused-ring (bicyclic) bond motifs is 1. The highest BCUT2D eigenvalue weighted by Crippen LogP contribution is 2.31. The fraction of sp³-hybridized carbons (Fsp3) is 0.250. The Labute approximate surface area is 126 Å². The lowest BCUT2D eigenvalue weighted by atomic mass is 9.87. The summed E-state index contributed by atoms with van der Waals surface area (Å²) >= 11 is 1.47. The van der Waals surface area contributed by atoms with Gasteiger partial charge in [-0.05, 0) is 24.3 Å². The quantitative estimate of drug-likeness (QED) is 0.656. The topological polar surface area (TPSA) is 34.4 Å². The first-order valence-corrected chi connectivity index (χ1v) is 7.52. The van der Waals surface area contributed by atoms with Crippen molar-refractivity contribution in [3.05, 3.63) is 47.4 Å². The van der Waals surface area contributed by atoms with Crippen LogP contribution in [0.15, 0.2) is 35.8 Å². The van der Waals surface area contributed by atoms with Crippen molar-refractivity contribution >= 4 is 22.1 Å². The van der Waals surface area contributed by atoms with Gasteiger partial charge in [0.25, 0.3) is 0 Å². The van der Waals surface area contributed by atoms with Gasteiger partial charge in [0.05, 0.1) is 0 Å². The molecule has 2 aromatic heterocycles. The summed E-state index contributed by atoms with van der Waals surface area (Å²) in [7, 11) is 0. The third kappa shape index (κ3) is 2.38. The van der Waals surface area contributed by atoms with Crippen LogP contribution in [0, 0.1) is 11.2 Å². The van der Waals surface area contributed by atoms with E-state index in [0.717, 1.165) is 10.5 Å². The molecule has 2 heterocycles. The Hall–Kier alpha value is -2.01. The molecule has 0 saturated heterocycles. The molecule has 0 fully saturated rings. The van der Waals surface area contributed by atoms with E-state index in [0.29, 0.717) is 11.4 Å². The molecule has 1 aromatic carbocycles. The van der Waals surface area contributed by atoms with Gasteiger partial charge in [-0.3, -0.25) is 9.20 Å². The summed E-state index contributed by atoms with van der Waals surface area (Å²) in [5.74, 6) is -0.281. The van der Waals surface area contributed by atoms with Crippen LogP contribution in [-0.2, 0) is 0 Å². The Bertz CT molecular complexity index is 809. The highest BCUT2D eigenvalue weighted by atomic mass is 32.1. The Morgan fingerprint density at radius 2 is 1.90 bits per heavy atom. The predicted octanol–water partition coefficient (Wildman–Crippen LogP) is 4.43. The monoisotopic (exact) mass is 302 g/mol. The molecule has 0 bridgehead atoms. The van der Waals surface area contributed by atoms with Crippen LogP contribution in [0.25, 0.3) is 16.2 Å². The zero-order valence-corrected chi connectivity index (χ0v) is 12.9. The number of ketones is 1. The number of imidazole rings is 1. The van der Waals surface area contributed by atoms with Gasteiger partial charge in [0.1, 0.15) is 17.2 Å². The van der Waals surface area contributed by atoms with Crippen LogP contribution < -0.4 is 0 Å². The molecular formula is C16H15FN2OS. The Morgan fingerprint density at radius 3 is 2.52 bits per heavy atom. The van der Waals surface area contributed by atoms with Crippen LogP contribution in [-0.4, -0.2) is 15.2 Å². The standard InChI is InChI=1S/C16H15FN2OS/c1-16(2,3)14(20)13-12(10-4-6-11(17)7-5-10)18-15-19(13)8-9-21-15/h4-9H,1-3H3. The second-order valence-corrected chi connectivity index (χ2v) is 6.82.